The van der Waals surface area contributed by atoms with Gasteiger partial charge in [-0.3, -0.25) is 5.32 Å². The Kier molecular flexibility index (Phi) is 11.7. The van der Waals surface area contributed by atoms with Crippen molar-refractivity contribution in [2.75, 3.05) is 53.7 Å². The summed E-state index contributed by atoms with van der Waals surface area (Å²) in [5.74, 6) is -0.937. The third-order valence-electron chi connectivity index (χ3n) is 8.19. The number of allylic oxidation sites excluding steroid dienone is 3. The fourth-order valence-electron chi connectivity index (χ4n) is 5.40. The molecule has 0 radical (unpaired) electrons. The highest BCUT2D eigenvalue weighted by Crippen LogP contribution is 2.34. The van der Waals surface area contributed by atoms with Gasteiger partial charge in [0.1, 0.15) is 11.6 Å². The van der Waals surface area contributed by atoms with Gasteiger partial charge in [-0.15, -0.1) is 0 Å². The molecule has 2 aromatic rings. The van der Waals surface area contributed by atoms with E-state index in [4.69, 9.17) is 22.9 Å². The van der Waals surface area contributed by atoms with Gasteiger partial charge < -0.3 is 24.5 Å². The van der Waals surface area contributed by atoms with Crippen LogP contribution in [0.4, 0.5) is 22.2 Å². The van der Waals surface area contributed by atoms with Gasteiger partial charge in [0.15, 0.2) is 15.7 Å². The van der Waals surface area contributed by atoms with Gasteiger partial charge in [0.05, 0.1) is 23.2 Å². The number of carbonyl (C=O) groups is 2. The van der Waals surface area contributed by atoms with Crippen LogP contribution in [0.3, 0.4) is 0 Å². The summed E-state index contributed by atoms with van der Waals surface area (Å²) in [5.41, 5.74) is -1.11. The SMILES string of the molecule is C#[N+][C@@](CC1=CC=C(OC(=O)N2CCCC2)CC1)(Nc1nc(N(CC)CC)ncc1N(CC)CS(=O)(=O)c1ccc(Cl)cc1)C(=O)O. The number of likely N-dealkylation sites (tertiary alicyclic amines) is 1. The van der Waals surface area contributed by atoms with Crippen LogP contribution in [0.15, 0.2) is 58.8 Å². The largest absolute Gasteiger partial charge is 0.474 e. The minimum Gasteiger partial charge on any atom is -0.474 e. The molecule has 1 saturated heterocycles. The number of carboxylic acid groups (broad SMARTS) is 1. The van der Waals surface area contributed by atoms with E-state index in [0.29, 0.717) is 61.3 Å². The zero-order valence-electron chi connectivity index (χ0n) is 26.9. The first-order chi connectivity index (χ1) is 22.4. The van der Waals surface area contributed by atoms with Crippen molar-refractivity contribution in [2.24, 2.45) is 0 Å². The molecular formula is C32H41ClN7O6S+. The van der Waals surface area contributed by atoms with E-state index in [1.54, 1.807) is 24.0 Å². The van der Waals surface area contributed by atoms with Crippen molar-refractivity contribution in [3.63, 3.8) is 0 Å². The molecule has 0 bridgehead atoms. The number of carboxylic acids is 1. The van der Waals surface area contributed by atoms with Crippen molar-refractivity contribution in [3.8, 4) is 6.57 Å². The molecule has 1 aromatic heterocycles. The molecule has 2 heterocycles. The van der Waals surface area contributed by atoms with E-state index < -0.39 is 27.3 Å². The first kappa shape index (κ1) is 35.5. The Bertz CT molecular complexity index is 1670. The van der Waals surface area contributed by atoms with Gasteiger partial charge in [0.25, 0.3) is 6.57 Å². The number of carbonyl (C=O) groups excluding carboxylic acids is 1. The Labute approximate surface area is 280 Å². The van der Waals surface area contributed by atoms with E-state index in [1.807, 2.05) is 18.7 Å². The second-order valence-electron chi connectivity index (χ2n) is 11.2. The summed E-state index contributed by atoms with van der Waals surface area (Å²) in [5, 5.41) is 13.9. The number of nitrogens with zero attached hydrogens (tertiary/aromatic N) is 6. The molecule has 47 heavy (non-hydrogen) atoms. The summed E-state index contributed by atoms with van der Waals surface area (Å²) in [4.78, 5) is 43.4. The summed E-state index contributed by atoms with van der Waals surface area (Å²) in [7, 11) is -3.84. The van der Waals surface area contributed by atoms with E-state index in [-0.39, 0.29) is 35.5 Å². The van der Waals surface area contributed by atoms with Gasteiger partial charge in [-0.2, -0.15) is 4.98 Å². The second-order valence-corrected chi connectivity index (χ2v) is 13.6. The van der Waals surface area contributed by atoms with E-state index in [9.17, 15) is 23.1 Å². The molecule has 252 valence electrons. The smallest absolute Gasteiger partial charge is 0.453 e. The van der Waals surface area contributed by atoms with Crippen LogP contribution in [0.2, 0.25) is 5.02 Å². The Morgan fingerprint density at radius 3 is 2.30 bits per heavy atom. The fraction of sp³-hybridized carbons (Fsp3) is 0.469. The van der Waals surface area contributed by atoms with Gasteiger partial charge in [-0.25, -0.2) is 23.0 Å². The van der Waals surface area contributed by atoms with E-state index in [2.05, 4.69) is 20.1 Å². The Balaban J connectivity index is 1.66. The molecule has 4 rings (SSSR count). The van der Waals surface area contributed by atoms with Gasteiger partial charge in [-0.05, 0) is 75.2 Å². The normalized spacial score (nSPS) is 15.9. The van der Waals surface area contributed by atoms with Crippen LogP contribution in [0, 0.1) is 6.57 Å². The van der Waals surface area contributed by atoms with E-state index in [0.717, 1.165) is 12.8 Å². The molecule has 1 aromatic carbocycles. The van der Waals surface area contributed by atoms with Crippen molar-refractivity contribution in [2.45, 2.75) is 63.4 Å². The van der Waals surface area contributed by atoms with Gasteiger partial charge >= 0.3 is 17.7 Å². The fourth-order valence-corrected chi connectivity index (χ4v) is 6.96. The summed E-state index contributed by atoms with van der Waals surface area (Å²) in [6, 6.07) is 5.86. The average Bonchev–Trinajstić information content (AvgIpc) is 3.61. The molecule has 1 aliphatic carbocycles. The third-order valence-corrected chi connectivity index (χ3v) is 10.1. The van der Waals surface area contributed by atoms with Crippen molar-refractivity contribution >= 4 is 51.0 Å². The lowest BCUT2D eigenvalue weighted by molar-refractivity contribution is -0.140. The van der Waals surface area contributed by atoms with Gasteiger partial charge in [0, 0.05) is 44.2 Å². The van der Waals surface area contributed by atoms with Crippen LogP contribution in [0.5, 0.6) is 0 Å². The maximum Gasteiger partial charge on any atom is 0.453 e. The number of ether oxygens (including phenoxy) is 1. The molecule has 1 atom stereocenters. The van der Waals surface area contributed by atoms with Crippen molar-refractivity contribution < 1.29 is 27.9 Å². The highest BCUT2D eigenvalue weighted by molar-refractivity contribution is 7.91. The second kappa shape index (κ2) is 15.5. The van der Waals surface area contributed by atoms with Gasteiger partial charge in [-0.1, -0.05) is 23.3 Å². The minimum atomic E-state index is -3.84. The molecule has 15 heteroatoms. The lowest BCUT2D eigenvalue weighted by Crippen LogP contribution is -2.45. The first-order valence-electron chi connectivity index (χ1n) is 15.6. The number of aliphatic carboxylic acids is 1. The number of aromatic nitrogens is 2. The molecule has 2 N–H and O–H groups in total. The summed E-state index contributed by atoms with van der Waals surface area (Å²) < 4.78 is 32.4. The highest BCUT2D eigenvalue weighted by Gasteiger charge is 2.52. The number of benzene rings is 1. The lowest BCUT2D eigenvalue weighted by Gasteiger charge is -2.28. The maximum atomic E-state index is 13.4. The zero-order valence-corrected chi connectivity index (χ0v) is 28.4. The van der Waals surface area contributed by atoms with Crippen molar-refractivity contribution in [3.05, 3.63) is 63.8 Å². The molecule has 1 amide bonds. The predicted octanol–water partition coefficient (Wildman–Crippen LogP) is 5.62. The zero-order chi connectivity index (χ0) is 34.2. The number of anilines is 3. The van der Waals surface area contributed by atoms with Crippen LogP contribution in [-0.2, 0) is 19.4 Å². The summed E-state index contributed by atoms with van der Waals surface area (Å²) in [6.45, 7) is 14.2. The van der Waals surface area contributed by atoms with Crippen molar-refractivity contribution in [1.82, 2.24) is 14.9 Å². The molecule has 1 aliphatic heterocycles. The minimum absolute atomic E-state index is 0.0545. The Morgan fingerprint density at radius 1 is 1.09 bits per heavy atom. The molecular weight excluding hydrogens is 646 g/mol. The van der Waals surface area contributed by atoms with E-state index >= 15 is 0 Å². The molecule has 0 spiro atoms. The number of hydrogen-bond acceptors (Lipinski definition) is 10. The number of halogens is 1. The molecule has 13 nitrogen and oxygen atoms in total. The number of nitrogens with one attached hydrogen (secondary N) is 1. The topological polar surface area (TPSA) is 150 Å². The molecule has 2 aliphatic rings. The quantitative estimate of drug-likeness (QED) is 0.255. The molecule has 0 unspecified atom stereocenters. The first-order valence-corrected chi connectivity index (χ1v) is 17.6. The van der Waals surface area contributed by atoms with Crippen LogP contribution < -0.4 is 15.1 Å². The van der Waals surface area contributed by atoms with Crippen LogP contribution in [0.25, 0.3) is 4.85 Å². The van der Waals surface area contributed by atoms with Crippen molar-refractivity contribution in [1.29, 1.82) is 0 Å². The summed E-state index contributed by atoms with van der Waals surface area (Å²) >= 11 is 5.97. The van der Waals surface area contributed by atoms with Gasteiger partial charge in [0.2, 0.25) is 5.95 Å². The average molecular weight is 687 g/mol. The number of hydrogen-bond donors (Lipinski definition) is 2. The van der Waals surface area contributed by atoms with E-state index in [1.165, 1.54) is 35.4 Å². The van der Waals surface area contributed by atoms with Crippen LogP contribution in [-0.4, -0.2) is 84.7 Å². The highest BCUT2D eigenvalue weighted by atomic mass is 35.5. The number of amides is 1. The Morgan fingerprint density at radius 2 is 1.74 bits per heavy atom. The van der Waals surface area contributed by atoms with Crippen LogP contribution in [0.1, 0.15) is 52.9 Å². The molecule has 0 saturated carbocycles. The number of sulfone groups is 1. The standard InChI is InChI=1S/C32H40ClN7O6S/c1-5-38(6-2)30-35-21-27(39(7-3)22-47(44,45)26-16-12-24(33)13-17-26)28(36-30)37-32(34-4,29(41)42)20-23-10-14-25(15-11-23)46-31(43)40-18-8-9-19-40/h4,10,12-14,16-17,21H,5-9,11,15,18-20,22H2,1-3H3,(H-,35,36,37,41,42)/p+1/t32-/m0/s1. The van der Waals surface area contributed by atoms with Crippen LogP contribution >= 0.6 is 11.6 Å². The maximum absolute atomic E-state index is 13.4. The Hall–Kier alpha value is -4.35. The lowest BCUT2D eigenvalue weighted by atomic mass is 9.93. The summed E-state index contributed by atoms with van der Waals surface area (Å²) in [6.07, 6.45) is 7.01. The number of rotatable bonds is 14. The predicted molar refractivity (Wildman–Crippen MR) is 182 cm³/mol. The molecule has 1 fully saturated rings. The monoisotopic (exact) mass is 686 g/mol. The third kappa shape index (κ3) is 8.52.